The van der Waals surface area contributed by atoms with E-state index < -0.39 is 5.97 Å². The summed E-state index contributed by atoms with van der Waals surface area (Å²) in [7, 11) is 0. The third-order valence-corrected chi connectivity index (χ3v) is 1.36. The van der Waals surface area contributed by atoms with Gasteiger partial charge >= 0.3 is 5.97 Å². The lowest BCUT2D eigenvalue weighted by molar-refractivity contribution is -0.140. The van der Waals surface area contributed by atoms with E-state index in [-0.39, 0.29) is 5.92 Å². The van der Waals surface area contributed by atoms with E-state index in [1.807, 2.05) is 19.9 Å². The molecule has 1 unspecified atom stereocenters. The predicted molar refractivity (Wildman–Crippen MR) is 40.8 cm³/mol. The van der Waals surface area contributed by atoms with Crippen molar-refractivity contribution in [1.82, 2.24) is 0 Å². The average molecular weight is 142 g/mol. The highest BCUT2D eigenvalue weighted by Gasteiger charge is 2.08. The Morgan fingerprint density at radius 1 is 1.60 bits per heavy atom. The second-order valence-electron chi connectivity index (χ2n) is 2.19. The molecule has 10 heavy (non-hydrogen) atoms. The third kappa shape index (κ3) is 3.28. The summed E-state index contributed by atoms with van der Waals surface area (Å²) >= 11 is 0. The fourth-order valence-corrected chi connectivity index (χ4v) is 0.693. The van der Waals surface area contributed by atoms with E-state index in [2.05, 4.69) is 0 Å². The number of carboxylic acid groups (broad SMARTS) is 1. The van der Waals surface area contributed by atoms with Crippen molar-refractivity contribution in [3.05, 3.63) is 12.2 Å². The maximum absolute atomic E-state index is 10.4. The van der Waals surface area contributed by atoms with Crippen LogP contribution in [0.3, 0.4) is 0 Å². The molecule has 0 aromatic heterocycles. The van der Waals surface area contributed by atoms with Gasteiger partial charge in [-0.1, -0.05) is 26.0 Å². The maximum atomic E-state index is 10.4. The number of aliphatic carboxylic acids is 1. The Bertz CT molecular complexity index is 127. The highest BCUT2D eigenvalue weighted by Crippen LogP contribution is 2.04. The summed E-state index contributed by atoms with van der Waals surface area (Å²) in [5.74, 6) is -1.02. The first-order chi connectivity index (χ1) is 4.72. The van der Waals surface area contributed by atoms with Crippen molar-refractivity contribution in [2.45, 2.75) is 26.7 Å². The minimum Gasteiger partial charge on any atom is -0.481 e. The van der Waals surface area contributed by atoms with Gasteiger partial charge < -0.3 is 5.11 Å². The van der Waals surface area contributed by atoms with Gasteiger partial charge in [-0.3, -0.25) is 4.79 Å². The summed E-state index contributed by atoms with van der Waals surface area (Å²) in [5.41, 5.74) is 0. The summed E-state index contributed by atoms with van der Waals surface area (Å²) < 4.78 is 0. The van der Waals surface area contributed by atoms with Gasteiger partial charge in [-0.05, 0) is 12.8 Å². The van der Waals surface area contributed by atoms with Crippen LogP contribution in [0.15, 0.2) is 12.2 Å². The molecule has 0 aliphatic heterocycles. The molecule has 0 amide bonds. The van der Waals surface area contributed by atoms with Crippen LogP contribution < -0.4 is 0 Å². The lowest BCUT2D eigenvalue weighted by atomic mass is 10.1. The summed E-state index contributed by atoms with van der Waals surface area (Å²) in [6.07, 6.45) is 5.22. The van der Waals surface area contributed by atoms with E-state index in [0.717, 1.165) is 6.42 Å². The topological polar surface area (TPSA) is 37.3 Å². The van der Waals surface area contributed by atoms with Gasteiger partial charge in [0.15, 0.2) is 0 Å². The minimum atomic E-state index is -0.729. The van der Waals surface area contributed by atoms with Gasteiger partial charge in [-0.2, -0.15) is 0 Å². The van der Waals surface area contributed by atoms with E-state index in [1.165, 1.54) is 0 Å². The molecule has 1 atom stereocenters. The molecular formula is C8H14O2. The van der Waals surface area contributed by atoms with E-state index in [9.17, 15) is 4.79 Å². The monoisotopic (exact) mass is 142 g/mol. The Kier molecular flexibility index (Phi) is 4.63. The van der Waals surface area contributed by atoms with E-state index in [1.54, 1.807) is 6.08 Å². The van der Waals surface area contributed by atoms with Crippen molar-refractivity contribution in [3.63, 3.8) is 0 Å². The molecule has 2 nitrogen and oxygen atoms in total. The maximum Gasteiger partial charge on any atom is 0.310 e. The van der Waals surface area contributed by atoms with Gasteiger partial charge in [0.05, 0.1) is 5.92 Å². The second-order valence-corrected chi connectivity index (χ2v) is 2.19. The molecule has 0 rings (SSSR count). The van der Waals surface area contributed by atoms with E-state index in [4.69, 9.17) is 5.11 Å². The molecule has 0 radical (unpaired) electrons. The molecule has 58 valence electrons. The Morgan fingerprint density at radius 3 is 2.50 bits per heavy atom. The molecule has 0 bridgehead atoms. The fraction of sp³-hybridized carbons (Fsp3) is 0.625. The number of rotatable bonds is 4. The molecule has 0 aromatic rings. The van der Waals surface area contributed by atoms with Gasteiger partial charge in [-0.25, -0.2) is 0 Å². The predicted octanol–water partition coefficient (Wildman–Crippen LogP) is 2.06. The number of hydrogen-bond donors (Lipinski definition) is 1. The van der Waals surface area contributed by atoms with Gasteiger partial charge in [0.2, 0.25) is 0 Å². The van der Waals surface area contributed by atoms with E-state index in [0.29, 0.717) is 6.42 Å². The summed E-state index contributed by atoms with van der Waals surface area (Å²) in [6, 6.07) is 0. The average Bonchev–Trinajstić information content (AvgIpc) is 1.89. The number of allylic oxidation sites excluding steroid dienone is 1. The molecule has 0 saturated heterocycles. The molecule has 0 aliphatic rings. The Balaban J connectivity index is 3.83. The smallest absolute Gasteiger partial charge is 0.310 e. The standard InChI is InChI=1S/C8H14O2/c1-3-5-6-7(4-2)8(9)10/h5-7H,3-4H2,1-2H3,(H,9,10)/b6-5+. The SMILES string of the molecule is CC/C=C/C(CC)C(=O)O. The van der Waals surface area contributed by atoms with Crippen molar-refractivity contribution in [2.24, 2.45) is 5.92 Å². The van der Waals surface area contributed by atoms with Crippen molar-refractivity contribution >= 4 is 5.97 Å². The first-order valence-corrected chi connectivity index (χ1v) is 3.61. The lowest BCUT2D eigenvalue weighted by Gasteiger charge is -2.00. The number of hydrogen-bond acceptors (Lipinski definition) is 1. The Hall–Kier alpha value is -0.790. The minimum absolute atomic E-state index is 0.292. The zero-order valence-corrected chi connectivity index (χ0v) is 6.50. The van der Waals surface area contributed by atoms with Gasteiger partial charge in [0.1, 0.15) is 0 Å². The zero-order valence-electron chi connectivity index (χ0n) is 6.50. The van der Waals surface area contributed by atoms with Crippen LogP contribution in [0, 0.1) is 5.92 Å². The van der Waals surface area contributed by atoms with Crippen molar-refractivity contribution in [1.29, 1.82) is 0 Å². The van der Waals surface area contributed by atoms with Crippen LogP contribution in [0.25, 0.3) is 0 Å². The van der Waals surface area contributed by atoms with Gasteiger partial charge in [0.25, 0.3) is 0 Å². The molecule has 0 spiro atoms. The molecule has 1 N–H and O–H groups in total. The summed E-state index contributed by atoms with van der Waals surface area (Å²) in [6.45, 7) is 3.86. The number of carbonyl (C=O) groups is 1. The first-order valence-electron chi connectivity index (χ1n) is 3.61. The van der Waals surface area contributed by atoms with Crippen molar-refractivity contribution < 1.29 is 9.90 Å². The Labute approximate surface area is 61.6 Å². The molecule has 0 saturated carbocycles. The molecular weight excluding hydrogens is 128 g/mol. The lowest BCUT2D eigenvalue weighted by Crippen LogP contribution is -2.08. The van der Waals surface area contributed by atoms with Crippen LogP contribution in [-0.4, -0.2) is 11.1 Å². The first kappa shape index (κ1) is 9.21. The number of carboxylic acids is 1. The van der Waals surface area contributed by atoms with Crippen LogP contribution in [0.4, 0.5) is 0 Å². The van der Waals surface area contributed by atoms with Crippen LogP contribution in [-0.2, 0) is 4.79 Å². The summed E-state index contributed by atoms with van der Waals surface area (Å²) in [4.78, 5) is 10.4. The van der Waals surface area contributed by atoms with Gasteiger partial charge in [-0.15, -0.1) is 0 Å². The normalized spacial score (nSPS) is 13.8. The van der Waals surface area contributed by atoms with Crippen LogP contribution >= 0.6 is 0 Å². The fourth-order valence-electron chi connectivity index (χ4n) is 0.693. The second kappa shape index (κ2) is 5.03. The highest BCUT2D eigenvalue weighted by molar-refractivity contribution is 5.71. The van der Waals surface area contributed by atoms with Crippen LogP contribution in [0.2, 0.25) is 0 Å². The molecule has 2 heteroatoms. The van der Waals surface area contributed by atoms with Crippen molar-refractivity contribution in [3.8, 4) is 0 Å². The quantitative estimate of drug-likeness (QED) is 0.610. The molecule has 0 heterocycles. The molecule has 0 aromatic carbocycles. The van der Waals surface area contributed by atoms with Gasteiger partial charge in [0, 0.05) is 0 Å². The Morgan fingerprint density at radius 2 is 2.20 bits per heavy atom. The highest BCUT2D eigenvalue weighted by atomic mass is 16.4. The summed E-state index contributed by atoms with van der Waals surface area (Å²) in [5, 5.41) is 8.55. The zero-order chi connectivity index (χ0) is 7.98. The molecule has 0 aliphatic carbocycles. The van der Waals surface area contributed by atoms with Crippen molar-refractivity contribution in [2.75, 3.05) is 0 Å². The van der Waals surface area contributed by atoms with Crippen LogP contribution in [0.1, 0.15) is 26.7 Å². The van der Waals surface area contributed by atoms with Crippen LogP contribution in [0.5, 0.6) is 0 Å². The van der Waals surface area contributed by atoms with E-state index >= 15 is 0 Å². The largest absolute Gasteiger partial charge is 0.481 e. The molecule has 0 fully saturated rings. The third-order valence-electron chi connectivity index (χ3n) is 1.36.